The van der Waals surface area contributed by atoms with Crippen molar-refractivity contribution in [1.82, 2.24) is 9.13 Å². The first-order chi connectivity index (χ1) is 29.3. The van der Waals surface area contributed by atoms with Crippen LogP contribution in [-0.4, -0.2) is 20.8 Å². The third kappa shape index (κ3) is 4.67. The fourth-order valence-electron chi connectivity index (χ4n) is 9.88. The van der Waals surface area contributed by atoms with Crippen LogP contribution in [0, 0.1) is 5.92 Å². The van der Waals surface area contributed by atoms with Crippen molar-refractivity contribution in [3.63, 3.8) is 0 Å². The maximum Gasteiger partial charge on any atom is 0.230 e. The number of hydrogen-bond donors (Lipinski definition) is 0. The molecule has 11 aromatic rings. The highest BCUT2D eigenvalue weighted by Gasteiger charge is 2.33. The molecule has 1 aliphatic carbocycles. The quantitative estimate of drug-likeness (QED) is 0.177. The molecule has 0 spiro atoms. The number of para-hydroxylation sites is 3. The molecular weight excluding hydrogens is 721 g/mol. The first-order valence-electron chi connectivity index (χ1n) is 20.2. The van der Waals surface area contributed by atoms with Gasteiger partial charge in [-0.25, -0.2) is 9.98 Å². The number of rotatable bonds is 3. The van der Waals surface area contributed by atoms with Gasteiger partial charge >= 0.3 is 0 Å². The molecule has 59 heavy (non-hydrogen) atoms. The summed E-state index contributed by atoms with van der Waals surface area (Å²) in [5.74, 6) is 0.695. The molecule has 0 amide bonds. The summed E-state index contributed by atoms with van der Waals surface area (Å²) >= 11 is 0. The smallest absolute Gasteiger partial charge is 0.230 e. The summed E-state index contributed by atoms with van der Waals surface area (Å²) in [6.07, 6.45) is 8.59. The van der Waals surface area contributed by atoms with Gasteiger partial charge in [-0.3, -0.25) is 4.57 Å². The highest BCUT2D eigenvalue weighted by molar-refractivity contribution is 6.34. The average molecular weight is 755 g/mol. The first kappa shape index (κ1) is 32.3. The monoisotopic (exact) mass is 754 g/mol. The van der Waals surface area contributed by atoms with Gasteiger partial charge in [0.2, 0.25) is 5.96 Å². The Morgan fingerprint density at radius 3 is 2.15 bits per heavy atom. The van der Waals surface area contributed by atoms with E-state index in [0.717, 1.165) is 82.7 Å². The van der Waals surface area contributed by atoms with E-state index in [0.29, 0.717) is 5.96 Å². The number of hydrogen-bond acceptors (Lipinski definition) is 3. The molecule has 0 N–H and O–H groups in total. The van der Waals surface area contributed by atoms with Crippen LogP contribution in [0.2, 0.25) is 0 Å². The van der Waals surface area contributed by atoms with Crippen LogP contribution in [-0.2, 0) is 0 Å². The number of fused-ring (bicyclic) bond motifs is 13. The lowest BCUT2D eigenvalue weighted by Gasteiger charge is -2.28. The molecule has 2 unspecified atom stereocenters. The van der Waals surface area contributed by atoms with Crippen LogP contribution in [0.3, 0.4) is 0 Å². The Bertz CT molecular complexity index is 3670. The predicted octanol–water partition coefficient (Wildman–Crippen LogP) is 13.8. The van der Waals surface area contributed by atoms with E-state index in [1.54, 1.807) is 0 Å². The molecule has 2 aliphatic rings. The van der Waals surface area contributed by atoms with Crippen molar-refractivity contribution < 1.29 is 4.42 Å². The summed E-state index contributed by atoms with van der Waals surface area (Å²) in [6.45, 7) is 0. The molecule has 0 fully saturated rings. The SMILES string of the molecule is C1=CC2=NC(n3c4ccc5ccccc5c4c4c5oc6ccccc6c5cc(-c5ccc6c7ccccc7n(-c7ccccc7)c6c5)c43)=NC(c3ccccc3)C2C=C1. The molecule has 276 valence electrons. The third-order valence-corrected chi connectivity index (χ3v) is 12.5. The van der Waals surface area contributed by atoms with Crippen molar-refractivity contribution in [2.75, 3.05) is 0 Å². The highest BCUT2D eigenvalue weighted by Crippen LogP contribution is 2.48. The average Bonchev–Trinajstić information content (AvgIpc) is 3.97. The Balaban J connectivity index is 1.21. The lowest BCUT2D eigenvalue weighted by molar-refractivity contribution is 0.636. The Morgan fingerprint density at radius 1 is 0.525 bits per heavy atom. The van der Waals surface area contributed by atoms with E-state index >= 15 is 0 Å². The van der Waals surface area contributed by atoms with E-state index in [-0.39, 0.29) is 12.0 Å². The fraction of sp³-hybridized carbons (Fsp3) is 0.0370. The number of aromatic nitrogens is 2. The molecule has 0 bridgehead atoms. The van der Waals surface area contributed by atoms with Crippen LogP contribution < -0.4 is 0 Å². The van der Waals surface area contributed by atoms with Gasteiger partial charge in [-0.15, -0.1) is 0 Å². The van der Waals surface area contributed by atoms with E-state index in [2.05, 4.69) is 203 Å². The Morgan fingerprint density at radius 2 is 1.27 bits per heavy atom. The van der Waals surface area contributed by atoms with E-state index in [1.807, 2.05) is 0 Å². The zero-order valence-corrected chi connectivity index (χ0v) is 31.8. The lowest BCUT2D eigenvalue weighted by Crippen LogP contribution is -2.28. The lowest BCUT2D eigenvalue weighted by atomic mass is 9.86. The number of furan rings is 1. The number of nitrogens with zero attached hydrogens (tertiary/aromatic N) is 4. The fourth-order valence-corrected chi connectivity index (χ4v) is 9.88. The standard InChI is InChI=1S/C54H34N4O/c1-3-16-34(17-4-1)51-41-23-9-12-24-44(41)55-54(56-51)58-46-30-28-33-15-7-8-20-37(33)49(46)50-52(58)42(32-43-40-22-11-14-26-48(40)59-53(43)50)35-27-29-39-38-21-10-13-25-45(38)57(47(39)31-35)36-18-5-2-6-19-36/h1-32,41,51H. The normalized spacial score (nSPS) is 16.5. The molecule has 5 heteroatoms. The molecule has 1 aliphatic heterocycles. The maximum absolute atomic E-state index is 6.96. The summed E-state index contributed by atoms with van der Waals surface area (Å²) in [7, 11) is 0. The molecule has 4 heterocycles. The van der Waals surface area contributed by atoms with Gasteiger partial charge in [-0.2, -0.15) is 0 Å². The zero-order chi connectivity index (χ0) is 38.6. The van der Waals surface area contributed by atoms with Crippen LogP contribution in [0.25, 0.3) is 93.1 Å². The molecule has 0 saturated carbocycles. The molecular formula is C54H34N4O. The molecule has 0 saturated heterocycles. The summed E-state index contributed by atoms with van der Waals surface area (Å²) in [4.78, 5) is 11.1. The highest BCUT2D eigenvalue weighted by atomic mass is 16.3. The van der Waals surface area contributed by atoms with Crippen molar-refractivity contribution in [2.24, 2.45) is 15.9 Å². The minimum absolute atomic E-state index is 0.0314. The van der Waals surface area contributed by atoms with Crippen LogP contribution in [0.1, 0.15) is 11.6 Å². The second kappa shape index (κ2) is 12.4. The summed E-state index contributed by atoms with van der Waals surface area (Å²) in [5, 5.41) is 9.13. The minimum atomic E-state index is -0.149. The van der Waals surface area contributed by atoms with Gasteiger partial charge in [-0.1, -0.05) is 146 Å². The Hall–Kier alpha value is -7.76. The van der Waals surface area contributed by atoms with E-state index in [9.17, 15) is 0 Å². The van der Waals surface area contributed by atoms with Gasteiger partial charge in [0.1, 0.15) is 11.2 Å². The Labute approximate surface area is 338 Å². The van der Waals surface area contributed by atoms with Crippen LogP contribution >= 0.6 is 0 Å². The number of aliphatic imine (C=N–C) groups is 2. The van der Waals surface area contributed by atoms with E-state index in [1.165, 1.54) is 21.7 Å². The van der Waals surface area contributed by atoms with E-state index in [4.69, 9.17) is 14.4 Å². The van der Waals surface area contributed by atoms with Crippen LogP contribution in [0.15, 0.2) is 209 Å². The topological polar surface area (TPSA) is 47.7 Å². The summed E-state index contributed by atoms with van der Waals surface area (Å²) < 4.78 is 11.7. The van der Waals surface area contributed by atoms with Gasteiger partial charge < -0.3 is 8.98 Å². The van der Waals surface area contributed by atoms with E-state index < -0.39 is 0 Å². The van der Waals surface area contributed by atoms with Crippen molar-refractivity contribution in [3.05, 3.63) is 200 Å². The van der Waals surface area contributed by atoms with Crippen molar-refractivity contribution in [1.29, 1.82) is 0 Å². The molecule has 13 rings (SSSR count). The maximum atomic E-state index is 6.96. The molecule has 0 radical (unpaired) electrons. The molecule has 2 atom stereocenters. The molecule has 8 aromatic carbocycles. The number of allylic oxidation sites excluding steroid dienone is 3. The second-order valence-electron chi connectivity index (χ2n) is 15.7. The largest absolute Gasteiger partial charge is 0.455 e. The summed E-state index contributed by atoms with van der Waals surface area (Å²) in [5.41, 5.74) is 11.6. The van der Waals surface area contributed by atoms with Crippen molar-refractivity contribution in [3.8, 4) is 16.8 Å². The van der Waals surface area contributed by atoms with Crippen LogP contribution in [0.5, 0.6) is 0 Å². The van der Waals surface area contributed by atoms with Gasteiger partial charge in [-0.05, 0) is 70.4 Å². The second-order valence-corrected chi connectivity index (χ2v) is 15.7. The molecule has 3 aromatic heterocycles. The minimum Gasteiger partial charge on any atom is -0.455 e. The summed E-state index contributed by atoms with van der Waals surface area (Å²) in [6, 6.07) is 60.7. The third-order valence-electron chi connectivity index (χ3n) is 12.5. The van der Waals surface area contributed by atoms with Gasteiger partial charge in [0.15, 0.2) is 0 Å². The molecule has 5 nitrogen and oxygen atoms in total. The number of benzene rings is 8. The van der Waals surface area contributed by atoms with Gasteiger partial charge in [0.05, 0.1) is 39.2 Å². The van der Waals surface area contributed by atoms with Crippen molar-refractivity contribution in [2.45, 2.75) is 6.04 Å². The first-order valence-corrected chi connectivity index (χ1v) is 20.2. The van der Waals surface area contributed by atoms with Crippen LogP contribution in [0.4, 0.5) is 0 Å². The Kier molecular flexibility index (Phi) is 6.78. The van der Waals surface area contributed by atoms with Crippen molar-refractivity contribution >= 4 is 88.0 Å². The van der Waals surface area contributed by atoms with Gasteiger partial charge in [0, 0.05) is 44.1 Å². The zero-order valence-electron chi connectivity index (χ0n) is 31.8. The van der Waals surface area contributed by atoms with Gasteiger partial charge in [0.25, 0.3) is 0 Å². The predicted molar refractivity (Wildman–Crippen MR) is 245 cm³/mol.